The Balaban J connectivity index is 2.00. The van der Waals surface area contributed by atoms with Crippen LogP contribution in [-0.2, 0) is 4.79 Å². The first kappa shape index (κ1) is 21.5. The van der Waals surface area contributed by atoms with Crippen molar-refractivity contribution in [3.63, 3.8) is 0 Å². The van der Waals surface area contributed by atoms with Crippen LogP contribution >= 0.6 is 12.2 Å². The van der Waals surface area contributed by atoms with Gasteiger partial charge < -0.3 is 10.6 Å². The maximum Gasteiger partial charge on any atom is 0.301 e. The molecule has 0 aliphatic rings. The van der Waals surface area contributed by atoms with Gasteiger partial charge in [0.25, 0.3) is 5.69 Å². The molecule has 1 aromatic heterocycles. The van der Waals surface area contributed by atoms with Crippen molar-refractivity contribution in [1.82, 2.24) is 9.78 Å². The number of amides is 1. The summed E-state index contributed by atoms with van der Waals surface area (Å²) in [5.74, 6) is -0.118. The molecule has 0 aliphatic carbocycles. The number of hydrogen-bond donors (Lipinski definition) is 2. The molecule has 0 bridgehead atoms. The number of azo groups is 1. The van der Waals surface area contributed by atoms with E-state index < -0.39 is 10.5 Å². The average Bonchev–Trinajstić information content (AvgIpc) is 3.08. The number of nitro groups is 1. The molecule has 0 spiro atoms. The summed E-state index contributed by atoms with van der Waals surface area (Å²) in [6, 6.07) is 12.2. The van der Waals surface area contributed by atoms with Crippen LogP contribution in [0.4, 0.5) is 22.7 Å². The number of aromatic nitrogens is 2. The van der Waals surface area contributed by atoms with Gasteiger partial charge in [-0.05, 0) is 48.6 Å². The molecule has 0 saturated carbocycles. The predicted molar refractivity (Wildman–Crippen MR) is 119 cm³/mol. The number of H-pyrrole nitrogens is 1. The fourth-order valence-electron chi connectivity index (χ4n) is 2.66. The van der Waals surface area contributed by atoms with Crippen molar-refractivity contribution in [3.8, 4) is 11.3 Å². The minimum Gasteiger partial charge on any atom is -0.374 e. The number of aromatic amines is 1. The topological polar surface area (TPSA) is 152 Å². The Labute approximate surface area is 180 Å². The zero-order valence-corrected chi connectivity index (χ0v) is 17.3. The average molecular weight is 439 g/mol. The molecule has 1 amide bonds. The number of nitro benzene ring substituents is 1. The van der Waals surface area contributed by atoms with Crippen LogP contribution in [0.15, 0.2) is 63.6 Å². The SMILES string of the molecule is CC(=O)N(C)c1ccc(N=Nc2c(-c3ccc([N+](=O)[O-])cc3)[nH]n(C(N)=S)c2=O)cc1. The molecule has 0 fully saturated rings. The molecule has 11 nitrogen and oxygen atoms in total. The van der Waals surface area contributed by atoms with Crippen LogP contribution in [0.3, 0.4) is 0 Å². The third-order valence-electron chi connectivity index (χ3n) is 4.43. The van der Waals surface area contributed by atoms with E-state index in [2.05, 4.69) is 15.3 Å². The summed E-state index contributed by atoms with van der Waals surface area (Å²) in [5.41, 5.74) is 6.65. The van der Waals surface area contributed by atoms with Gasteiger partial charge in [0.1, 0.15) is 0 Å². The first-order chi connectivity index (χ1) is 14.7. The summed E-state index contributed by atoms with van der Waals surface area (Å²) in [7, 11) is 1.65. The third-order valence-corrected chi connectivity index (χ3v) is 4.61. The van der Waals surface area contributed by atoms with E-state index in [1.165, 1.54) is 36.1 Å². The Kier molecular flexibility index (Phi) is 6.02. The summed E-state index contributed by atoms with van der Waals surface area (Å²) in [6.07, 6.45) is 0. The van der Waals surface area contributed by atoms with Gasteiger partial charge in [0.05, 0.1) is 16.3 Å². The number of non-ortho nitro benzene ring substituents is 1. The van der Waals surface area contributed by atoms with E-state index in [9.17, 15) is 19.7 Å². The lowest BCUT2D eigenvalue weighted by Crippen LogP contribution is -2.29. The number of rotatable bonds is 5. The molecule has 12 heteroatoms. The number of nitrogens with one attached hydrogen (secondary N) is 1. The summed E-state index contributed by atoms with van der Waals surface area (Å²) in [6.45, 7) is 1.45. The van der Waals surface area contributed by atoms with E-state index >= 15 is 0 Å². The number of nitrogens with two attached hydrogens (primary N) is 1. The van der Waals surface area contributed by atoms with Gasteiger partial charge in [0, 0.05) is 37.4 Å². The fraction of sp³-hybridized carbons (Fsp3) is 0.105. The molecule has 3 rings (SSSR count). The zero-order chi connectivity index (χ0) is 22.7. The van der Waals surface area contributed by atoms with Crippen LogP contribution in [0.2, 0.25) is 0 Å². The maximum absolute atomic E-state index is 12.7. The molecule has 3 aromatic rings. The van der Waals surface area contributed by atoms with Crippen LogP contribution in [0, 0.1) is 10.1 Å². The van der Waals surface area contributed by atoms with Crippen molar-refractivity contribution in [2.24, 2.45) is 16.0 Å². The maximum atomic E-state index is 12.7. The van der Waals surface area contributed by atoms with E-state index in [4.69, 9.17) is 18.0 Å². The molecular weight excluding hydrogens is 422 g/mol. The molecule has 0 unspecified atom stereocenters. The van der Waals surface area contributed by atoms with Crippen molar-refractivity contribution in [2.45, 2.75) is 6.92 Å². The molecule has 2 aromatic carbocycles. The first-order valence-electron chi connectivity index (χ1n) is 8.84. The number of anilines is 1. The fourth-order valence-corrected chi connectivity index (χ4v) is 2.79. The molecule has 3 N–H and O–H groups in total. The molecule has 0 aliphatic heterocycles. The van der Waals surface area contributed by atoms with E-state index in [0.29, 0.717) is 16.9 Å². The number of nitrogens with zero attached hydrogens (tertiary/aromatic N) is 5. The zero-order valence-electron chi connectivity index (χ0n) is 16.5. The highest BCUT2D eigenvalue weighted by molar-refractivity contribution is 7.80. The first-order valence-corrected chi connectivity index (χ1v) is 9.25. The monoisotopic (exact) mass is 439 g/mol. The van der Waals surface area contributed by atoms with E-state index in [1.807, 2.05) is 0 Å². The smallest absolute Gasteiger partial charge is 0.301 e. The minimum absolute atomic E-state index is 0.0633. The third kappa shape index (κ3) is 4.53. The largest absolute Gasteiger partial charge is 0.374 e. The van der Waals surface area contributed by atoms with Crippen molar-refractivity contribution < 1.29 is 9.72 Å². The van der Waals surface area contributed by atoms with Crippen molar-refractivity contribution in [2.75, 3.05) is 11.9 Å². The second kappa shape index (κ2) is 8.67. The van der Waals surface area contributed by atoms with Crippen LogP contribution in [-0.4, -0.2) is 32.8 Å². The van der Waals surface area contributed by atoms with Gasteiger partial charge in [0.2, 0.25) is 5.91 Å². The van der Waals surface area contributed by atoms with E-state index in [0.717, 1.165) is 4.68 Å². The summed E-state index contributed by atoms with van der Waals surface area (Å²) in [5, 5.41) is 21.6. The van der Waals surface area contributed by atoms with E-state index in [-0.39, 0.29) is 28.1 Å². The Morgan fingerprint density at radius 2 is 1.77 bits per heavy atom. The van der Waals surface area contributed by atoms with E-state index in [1.54, 1.807) is 31.3 Å². The predicted octanol–water partition coefficient (Wildman–Crippen LogP) is 3.24. The molecule has 0 radical (unpaired) electrons. The summed E-state index contributed by atoms with van der Waals surface area (Å²) >= 11 is 4.88. The van der Waals surface area contributed by atoms with Crippen LogP contribution < -0.4 is 16.2 Å². The lowest BCUT2D eigenvalue weighted by molar-refractivity contribution is -0.384. The van der Waals surface area contributed by atoms with Crippen molar-refractivity contribution in [3.05, 3.63) is 69.0 Å². The Morgan fingerprint density at radius 3 is 2.29 bits per heavy atom. The highest BCUT2D eigenvalue weighted by Gasteiger charge is 2.18. The summed E-state index contributed by atoms with van der Waals surface area (Å²) in [4.78, 5) is 36.0. The molecule has 1 heterocycles. The normalized spacial score (nSPS) is 10.9. The molecule has 31 heavy (non-hydrogen) atoms. The molecule has 0 atom stereocenters. The second-order valence-corrected chi connectivity index (χ2v) is 6.83. The van der Waals surface area contributed by atoms with Gasteiger partial charge in [0.15, 0.2) is 10.8 Å². The highest BCUT2D eigenvalue weighted by Crippen LogP contribution is 2.29. The second-order valence-electron chi connectivity index (χ2n) is 6.41. The number of hydrogen-bond acceptors (Lipinski definition) is 7. The number of carbonyl (C=O) groups is 1. The van der Waals surface area contributed by atoms with Gasteiger partial charge in [-0.1, -0.05) is 0 Å². The lowest BCUT2D eigenvalue weighted by Gasteiger charge is -2.14. The van der Waals surface area contributed by atoms with Gasteiger partial charge in [-0.3, -0.25) is 24.8 Å². The Hall–Kier alpha value is -4.19. The quantitative estimate of drug-likeness (QED) is 0.269. The summed E-state index contributed by atoms with van der Waals surface area (Å²) < 4.78 is 0.936. The van der Waals surface area contributed by atoms with Gasteiger partial charge in [-0.25, -0.2) is 0 Å². The van der Waals surface area contributed by atoms with Gasteiger partial charge >= 0.3 is 5.56 Å². The Bertz CT molecular complexity index is 1240. The highest BCUT2D eigenvalue weighted by atomic mass is 32.1. The van der Waals surface area contributed by atoms with Gasteiger partial charge in [-0.2, -0.15) is 9.80 Å². The lowest BCUT2D eigenvalue weighted by atomic mass is 10.1. The van der Waals surface area contributed by atoms with Crippen molar-refractivity contribution >= 4 is 46.0 Å². The van der Waals surface area contributed by atoms with Crippen LogP contribution in [0.25, 0.3) is 11.3 Å². The van der Waals surface area contributed by atoms with Crippen molar-refractivity contribution in [1.29, 1.82) is 0 Å². The van der Waals surface area contributed by atoms with Gasteiger partial charge in [-0.15, -0.1) is 5.11 Å². The number of benzene rings is 2. The molecular formula is C19H17N7O4S. The molecule has 158 valence electrons. The number of thiocarbonyl (C=S) groups is 1. The minimum atomic E-state index is -0.613. The van der Waals surface area contributed by atoms with Crippen LogP contribution in [0.5, 0.6) is 0 Å². The number of carbonyl (C=O) groups excluding carboxylic acids is 1. The molecule has 0 saturated heterocycles. The van der Waals surface area contributed by atoms with Crippen LogP contribution in [0.1, 0.15) is 6.92 Å². The Morgan fingerprint density at radius 1 is 1.16 bits per heavy atom. The standard InChI is InChI=1S/C19H17N7O4S/c1-11(27)24(2)14-9-5-13(6-10-14)21-22-17-16(23-25(18(17)28)19(20)31)12-3-7-15(8-4-12)26(29)30/h3-10,23H,1-2H3,(H2,20,31).